The number of aliphatic hydroxyl groups excluding tert-OH is 1. The Morgan fingerprint density at radius 3 is 2.63 bits per heavy atom. The minimum Gasteiger partial charge on any atom is -0.450 e. The number of Topliss-reactive ketones (excluding diaryl/α,β-unsaturated/α-hetero) is 1. The van der Waals surface area contributed by atoms with Gasteiger partial charge in [0, 0.05) is 24.0 Å². The molecule has 1 N–H and O–H groups in total. The average Bonchev–Trinajstić information content (AvgIpc) is 3.18. The third-order valence-corrected chi connectivity index (χ3v) is 7.03. The molecule has 0 bridgehead atoms. The highest BCUT2D eigenvalue weighted by Gasteiger charge is 2.62. The third kappa shape index (κ3) is 3.52. The molecule has 1 fully saturated rings. The molecule has 0 amide bonds. The summed E-state index contributed by atoms with van der Waals surface area (Å²) in [4.78, 5) is 37.5. The van der Waals surface area contributed by atoms with E-state index >= 15 is 0 Å². The molecule has 5 atom stereocenters. The van der Waals surface area contributed by atoms with Crippen LogP contribution in [-0.4, -0.2) is 46.9 Å². The lowest BCUT2D eigenvalue weighted by molar-refractivity contribution is -0.199. The average molecular weight is 418 g/mol. The molecule has 7 heteroatoms. The molecule has 3 heterocycles. The Morgan fingerprint density at radius 1 is 1.17 bits per heavy atom. The summed E-state index contributed by atoms with van der Waals surface area (Å²) in [5, 5.41) is 10.8. The first-order valence-corrected chi connectivity index (χ1v) is 11.0. The van der Waals surface area contributed by atoms with Gasteiger partial charge in [0.1, 0.15) is 0 Å². The highest BCUT2D eigenvalue weighted by molar-refractivity contribution is 6.06. The number of hydrogen-bond acceptors (Lipinski definition) is 7. The van der Waals surface area contributed by atoms with E-state index in [1.54, 1.807) is 13.0 Å². The van der Waals surface area contributed by atoms with Crippen molar-refractivity contribution in [2.45, 2.75) is 82.7 Å². The quantitative estimate of drug-likeness (QED) is 0.501. The van der Waals surface area contributed by atoms with Gasteiger partial charge in [0.25, 0.3) is 0 Å². The lowest BCUT2D eigenvalue weighted by atomic mass is 9.66. The molecule has 30 heavy (non-hydrogen) atoms. The Labute approximate surface area is 176 Å². The number of rotatable bonds is 7. The summed E-state index contributed by atoms with van der Waals surface area (Å²) < 4.78 is 16.6. The molecule has 0 aromatic carbocycles. The van der Waals surface area contributed by atoms with E-state index < -0.39 is 41.3 Å². The number of esters is 2. The molecule has 4 rings (SSSR count). The molecule has 0 radical (unpaired) electrons. The van der Waals surface area contributed by atoms with Gasteiger partial charge in [-0.1, -0.05) is 44.6 Å². The van der Waals surface area contributed by atoms with Crippen LogP contribution in [0.3, 0.4) is 0 Å². The standard InChI is InChI=1S/C23H30O7/c1-3-4-5-6-7-8-17(24)19-16-11-14-12-23(10-9-18(25)29-23)28-13-15(14)20(26)22(16,2)30-21(19)27/h9-10,16-17,19,24H,3-8,11-13H2,1-2H3/t16-,17?,19+,22-,23+/m1/s1. The van der Waals surface area contributed by atoms with Crippen molar-refractivity contribution < 1.29 is 33.7 Å². The number of carbonyl (C=O) groups is 3. The lowest BCUT2D eigenvalue weighted by Crippen LogP contribution is -2.51. The van der Waals surface area contributed by atoms with Crippen LogP contribution < -0.4 is 0 Å². The Hall–Kier alpha value is -1.99. The van der Waals surface area contributed by atoms with Crippen molar-refractivity contribution in [3.8, 4) is 0 Å². The fraction of sp³-hybridized carbons (Fsp3) is 0.696. The normalized spacial score (nSPS) is 36.0. The van der Waals surface area contributed by atoms with Gasteiger partial charge >= 0.3 is 11.9 Å². The number of fused-ring (bicyclic) bond motifs is 1. The van der Waals surface area contributed by atoms with Crippen molar-refractivity contribution in [2.75, 3.05) is 6.61 Å². The Kier molecular flexibility index (Phi) is 5.62. The Morgan fingerprint density at radius 2 is 1.93 bits per heavy atom. The van der Waals surface area contributed by atoms with Crippen molar-refractivity contribution in [1.29, 1.82) is 0 Å². The van der Waals surface area contributed by atoms with Gasteiger partial charge in [0.05, 0.1) is 18.6 Å². The molecular weight excluding hydrogens is 388 g/mol. The Balaban J connectivity index is 1.51. The summed E-state index contributed by atoms with van der Waals surface area (Å²) >= 11 is 0. The number of unbranched alkanes of at least 4 members (excludes halogenated alkanes) is 4. The molecule has 4 aliphatic rings. The lowest BCUT2D eigenvalue weighted by Gasteiger charge is -2.42. The monoisotopic (exact) mass is 418 g/mol. The molecule has 0 saturated carbocycles. The van der Waals surface area contributed by atoms with Crippen molar-refractivity contribution in [1.82, 2.24) is 0 Å². The molecule has 1 unspecified atom stereocenters. The zero-order valence-electron chi connectivity index (χ0n) is 17.6. The predicted molar refractivity (Wildman–Crippen MR) is 106 cm³/mol. The summed E-state index contributed by atoms with van der Waals surface area (Å²) in [5.74, 6) is -3.55. The van der Waals surface area contributed by atoms with Gasteiger partial charge in [0.15, 0.2) is 5.60 Å². The summed E-state index contributed by atoms with van der Waals surface area (Å²) in [7, 11) is 0. The highest BCUT2D eigenvalue weighted by atomic mass is 16.7. The van der Waals surface area contributed by atoms with E-state index in [9.17, 15) is 19.5 Å². The minimum absolute atomic E-state index is 0.0102. The molecule has 1 aliphatic carbocycles. The summed E-state index contributed by atoms with van der Waals surface area (Å²) in [6.45, 7) is 3.81. The van der Waals surface area contributed by atoms with Crippen LogP contribution in [0.1, 0.15) is 65.2 Å². The maximum Gasteiger partial charge on any atom is 0.333 e. The fourth-order valence-electron chi connectivity index (χ4n) is 5.30. The maximum atomic E-state index is 13.3. The van der Waals surface area contributed by atoms with Crippen LogP contribution in [0.15, 0.2) is 23.3 Å². The van der Waals surface area contributed by atoms with Gasteiger partial charge < -0.3 is 19.3 Å². The van der Waals surface area contributed by atoms with E-state index in [-0.39, 0.29) is 18.8 Å². The second-order valence-corrected chi connectivity index (χ2v) is 9.08. The minimum atomic E-state index is -1.28. The number of carbonyl (C=O) groups excluding carboxylic acids is 3. The Bertz CT molecular complexity index is 812. The smallest absolute Gasteiger partial charge is 0.333 e. The number of ether oxygens (including phenoxy) is 3. The van der Waals surface area contributed by atoms with Gasteiger partial charge in [-0.15, -0.1) is 0 Å². The van der Waals surface area contributed by atoms with Gasteiger partial charge in [-0.3, -0.25) is 9.59 Å². The number of hydrogen-bond donors (Lipinski definition) is 1. The second-order valence-electron chi connectivity index (χ2n) is 9.08. The SMILES string of the molecule is CCCCCCCC(O)[C@H]1C(=O)O[C@@]2(C)C(=O)C3=C(C[C@H]12)C[C@@]1(C=CC(=O)O1)OC3. The first-order chi connectivity index (χ1) is 14.3. The molecule has 0 aromatic heterocycles. The van der Waals surface area contributed by atoms with Gasteiger partial charge in [-0.25, -0.2) is 4.79 Å². The van der Waals surface area contributed by atoms with E-state index in [0.29, 0.717) is 18.4 Å². The van der Waals surface area contributed by atoms with Gasteiger partial charge in [-0.05, 0) is 25.8 Å². The van der Waals surface area contributed by atoms with Crippen molar-refractivity contribution >= 4 is 17.7 Å². The predicted octanol–water partition coefficient (Wildman–Crippen LogP) is 2.75. The second kappa shape index (κ2) is 7.93. The molecular formula is C23H30O7. The van der Waals surface area contributed by atoms with Crippen LogP contribution in [0.2, 0.25) is 0 Å². The van der Waals surface area contributed by atoms with E-state index in [0.717, 1.165) is 37.7 Å². The van der Waals surface area contributed by atoms with E-state index in [1.807, 2.05) is 0 Å². The molecule has 7 nitrogen and oxygen atoms in total. The van der Waals surface area contributed by atoms with Crippen LogP contribution in [0.5, 0.6) is 0 Å². The molecule has 1 saturated heterocycles. The molecule has 0 aromatic rings. The van der Waals surface area contributed by atoms with Crippen LogP contribution in [0.4, 0.5) is 0 Å². The topological polar surface area (TPSA) is 99.1 Å². The molecule has 3 aliphatic heterocycles. The van der Waals surface area contributed by atoms with E-state index in [1.165, 1.54) is 6.08 Å². The van der Waals surface area contributed by atoms with Crippen molar-refractivity contribution in [3.63, 3.8) is 0 Å². The highest BCUT2D eigenvalue weighted by Crippen LogP contribution is 2.51. The summed E-state index contributed by atoms with van der Waals surface area (Å²) in [6, 6.07) is 0. The number of aliphatic hydroxyl groups is 1. The van der Waals surface area contributed by atoms with Crippen LogP contribution in [0, 0.1) is 11.8 Å². The first-order valence-electron chi connectivity index (χ1n) is 11.0. The zero-order valence-corrected chi connectivity index (χ0v) is 17.6. The van der Waals surface area contributed by atoms with E-state index in [2.05, 4.69) is 6.92 Å². The van der Waals surface area contributed by atoms with Crippen LogP contribution in [-0.2, 0) is 28.6 Å². The molecule has 1 spiro atoms. The molecule has 164 valence electrons. The van der Waals surface area contributed by atoms with Crippen molar-refractivity contribution in [2.24, 2.45) is 11.8 Å². The van der Waals surface area contributed by atoms with Crippen LogP contribution >= 0.6 is 0 Å². The fourth-order valence-corrected chi connectivity index (χ4v) is 5.30. The van der Waals surface area contributed by atoms with Crippen LogP contribution in [0.25, 0.3) is 0 Å². The summed E-state index contributed by atoms with van der Waals surface area (Å²) in [6.07, 6.45) is 8.57. The largest absolute Gasteiger partial charge is 0.450 e. The van der Waals surface area contributed by atoms with E-state index in [4.69, 9.17) is 14.2 Å². The number of ketones is 1. The first kappa shape index (κ1) is 21.2. The summed E-state index contributed by atoms with van der Waals surface area (Å²) in [5.41, 5.74) is 0.0459. The van der Waals surface area contributed by atoms with Crippen molar-refractivity contribution in [3.05, 3.63) is 23.3 Å². The third-order valence-electron chi connectivity index (χ3n) is 7.03. The maximum absolute atomic E-state index is 13.3. The zero-order chi connectivity index (χ0) is 21.5. The van der Waals surface area contributed by atoms with Gasteiger partial charge in [0.2, 0.25) is 11.6 Å². The van der Waals surface area contributed by atoms with Gasteiger partial charge in [-0.2, -0.15) is 0 Å².